The number of benzene rings is 1. The Morgan fingerprint density at radius 3 is 2.87 bits per heavy atom. The van der Waals surface area contributed by atoms with Gasteiger partial charge in [0.25, 0.3) is 0 Å². The maximum atomic E-state index is 9.08. The van der Waals surface area contributed by atoms with Crippen molar-refractivity contribution in [3.8, 4) is 5.75 Å². The van der Waals surface area contributed by atoms with E-state index in [0.29, 0.717) is 0 Å². The molecule has 1 N–H and O–H groups in total. The molecule has 82 valence electrons. The minimum Gasteiger partial charge on any atom is -0.494 e. The van der Waals surface area contributed by atoms with E-state index in [1.165, 1.54) is 12.8 Å². The average molecular weight is 271 g/mol. The molecule has 0 aromatic heterocycles. The van der Waals surface area contributed by atoms with Gasteiger partial charge in [-0.2, -0.15) is 0 Å². The second-order valence-electron chi connectivity index (χ2n) is 3.99. The highest BCUT2D eigenvalue weighted by molar-refractivity contribution is 9.10. The fraction of sp³-hybridized carbons (Fsp3) is 0.500. The van der Waals surface area contributed by atoms with Crippen molar-refractivity contribution in [1.82, 2.24) is 0 Å². The summed E-state index contributed by atoms with van der Waals surface area (Å²) in [5.74, 6) is 1.75. The molecule has 1 aliphatic rings. The Kier molecular flexibility index (Phi) is 3.65. The molecule has 1 fully saturated rings. The number of rotatable bonds is 5. The Balaban J connectivity index is 1.89. The molecule has 0 saturated heterocycles. The van der Waals surface area contributed by atoms with Gasteiger partial charge in [-0.15, -0.1) is 0 Å². The lowest BCUT2D eigenvalue weighted by Crippen LogP contribution is -1.99. The van der Waals surface area contributed by atoms with Crippen molar-refractivity contribution >= 4 is 15.9 Å². The van der Waals surface area contributed by atoms with Gasteiger partial charge in [-0.1, -0.05) is 28.8 Å². The highest BCUT2D eigenvalue weighted by Crippen LogP contribution is 2.32. The van der Waals surface area contributed by atoms with Gasteiger partial charge in [0.2, 0.25) is 0 Å². The molecule has 0 bridgehead atoms. The van der Waals surface area contributed by atoms with Crippen molar-refractivity contribution in [2.45, 2.75) is 25.9 Å². The number of aliphatic hydroxyl groups excluding tert-OH is 1. The summed E-state index contributed by atoms with van der Waals surface area (Å²) < 4.78 is 6.55. The van der Waals surface area contributed by atoms with E-state index in [4.69, 9.17) is 9.84 Å². The lowest BCUT2D eigenvalue weighted by atomic mass is 10.2. The molecule has 1 aromatic carbocycles. The fourth-order valence-electron chi connectivity index (χ4n) is 1.51. The van der Waals surface area contributed by atoms with Crippen LogP contribution < -0.4 is 4.74 Å². The Hall–Kier alpha value is -0.540. The van der Waals surface area contributed by atoms with E-state index in [1.807, 2.05) is 18.2 Å². The monoisotopic (exact) mass is 270 g/mol. The van der Waals surface area contributed by atoms with Crippen LogP contribution in [0, 0.1) is 5.92 Å². The molecule has 0 atom stereocenters. The predicted octanol–water partition coefficient (Wildman–Crippen LogP) is 3.12. The Morgan fingerprint density at radius 2 is 2.20 bits per heavy atom. The largest absolute Gasteiger partial charge is 0.494 e. The zero-order chi connectivity index (χ0) is 10.7. The molecule has 2 nitrogen and oxygen atoms in total. The zero-order valence-electron chi connectivity index (χ0n) is 8.58. The van der Waals surface area contributed by atoms with E-state index < -0.39 is 0 Å². The van der Waals surface area contributed by atoms with Crippen molar-refractivity contribution < 1.29 is 9.84 Å². The summed E-state index contributed by atoms with van der Waals surface area (Å²) >= 11 is 3.38. The molecule has 1 saturated carbocycles. The number of halogens is 1. The normalized spacial score (nSPS) is 15.3. The summed E-state index contributed by atoms with van der Waals surface area (Å²) in [7, 11) is 0. The lowest BCUT2D eigenvalue weighted by Gasteiger charge is -2.08. The highest BCUT2D eigenvalue weighted by atomic mass is 79.9. The van der Waals surface area contributed by atoms with E-state index in [1.54, 1.807) is 0 Å². The number of hydrogen-bond donors (Lipinski definition) is 1. The number of hydrogen-bond acceptors (Lipinski definition) is 2. The van der Waals surface area contributed by atoms with Crippen molar-refractivity contribution in [2.24, 2.45) is 5.92 Å². The van der Waals surface area contributed by atoms with Crippen molar-refractivity contribution in [3.63, 3.8) is 0 Å². The van der Waals surface area contributed by atoms with Crippen LogP contribution in [-0.2, 0) is 6.61 Å². The van der Waals surface area contributed by atoms with Gasteiger partial charge in [-0.25, -0.2) is 0 Å². The maximum Gasteiger partial charge on any atom is 0.119 e. The maximum absolute atomic E-state index is 9.08. The van der Waals surface area contributed by atoms with E-state index in [9.17, 15) is 0 Å². The molecule has 0 unspecified atom stereocenters. The molecule has 0 radical (unpaired) electrons. The van der Waals surface area contributed by atoms with Gasteiger partial charge in [0.15, 0.2) is 0 Å². The third-order valence-electron chi connectivity index (χ3n) is 2.68. The predicted molar refractivity (Wildman–Crippen MR) is 62.9 cm³/mol. The van der Waals surface area contributed by atoms with Crippen LogP contribution in [0.15, 0.2) is 22.7 Å². The first kappa shape index (κ1) is 11.0. The van der Waals surface area contributed by atoms with Crippen LogP contribution in [-0.4, -0.2) is 11.7 Å². The fourth-order valence-corrected chi connectivity index (χ4v) is 1.88. The molecule has 3 heteroatoms. The number of aliphatic hydroxyl groups is 1. The summed E-state index contributed by atoms with van der Waals surface area (Å²) in [5.41, 5.74) is 0.874. The van der Waals surface area contributed by atoms with Gasteiger partial charge in [0.05, 0.1) is 13.2 Å². The first-order valence-corrected chi connectivity index (χ1v) is 6.11. The van der Waals surface area contributed by atoms with Crippen molar-refractivity contribution in [1.29, 1.82) is 0 Å². The zero-order valence-corrected chi connectivity index (χ0v) is 10.2. The summed E-state index contributed by atoms with van der Waals surface area (Å²) in [4.78, 5) is 0. The Bertz CT molecular complexity index is 334. The molecule has 2 rings (SSSR count). The van der Waals surface area contributed by atoms with Crippen LogP contribution in [0.3, 0.4) is 0 Å². The average Bonchev–Trinajstić information content (AvgIpc) is 3.04. The molecule has 0 amide bonds. The van der Waals surface area contributed by atoms with E-state index >= 15 is 0 Å². The van der Waals surface area contributed by atoms with Gasteiger partial charge in [0.1, 0.15) is 5.75 Å². The smallest absolute Gasteiger partial charge is 0.119 e. The first-order valence-electron chi connectivity index (χ1n) is 5.31. The van der Waals surface area contributed by atoms with E-state index in [-0.39, 0.29) is 6.61 Å². The topological polar surface area (TPSA) is 29.5 Å². The van der Waals surface area contributed by atoms with Gasteiger partial charge >= 0.3 is 0 Å². The van der Waals surface area contributed by atoms with Crippen molar-refractivity contribution in [3.05, 3.63) is 28.2 Å². The van der Waals surface area contributed by atoms with Crippen LogP contribution >= 0.6 is 15.9 Å². The van der Waals surface area contributed by atoms with Crippen LogP contribution in [0.4, 0.5) is 0 Å². The van der Waals surface area contributed by atoms with E-state index in [0.717, 1.165) is 34.7 Å². The van der Waals surface area contributed by atoms with Crippen molar-refractivity contribution in [2.75, 3.05) is 6.61 Å². The number of ether oxygens (including phenoxy) is 1. The molecule has 1 aromatic rings. The van der Waals surface area contributed by atoms with Gasteiger partial charge in [0, 0.05) is 4.47 Å². The molecule has 0 spiro atoms. The second kappa shape index (κ2) is 4.99. The molecular formula is C12H15BrO2. The Morgan fingerprint density at radius 1 is 1.40 bits per heavy atom. The van der Waals surface area contributed by atoms with Gasteiger partial charge in [-0.3, -0.25) is 0 Å². The molecule has 1 aliphatic carbocycles. The Labute approximate surface area is 98.4 Å². The standard InChI is InChI=1S/C12H15BrO2/c13-12-4-3-11(7-10(12)8-14)15-6-5-9-1-2-9/h3-4,7,9,14H,1-2,5-6,8H2. The summed E-state index contributed by atoms with van der Waals surface area (Å²) in [6, 6.07) is 5.73. The van der Waals surface area contributed by atoms with Crippen LogP contribution in [0.2, 0.25) is 0 Å². The summed E-state index contributed by atoms with van der Waals surface area (Å²) in [6.07, 6.45) is 3.89. The third-order valence-corrected chi connectivity index (χ3v) is 3.45. The lowest BCUT2D eigenvalue weighted by molar-refractivity contribution is 0.277. The summed E-state index contributed by atoms with van der Waals surface area (Å²) in [5, 5.41) is 9.08. The van der Waals surface area contributed by atoms with Crippen LogP contribution in [0.5, 0.6) is 5.75 Å². The second-order valence-corrected chi connectivity index (χ2v) is 4.85. The molecule has 0 heterocycles. The molecule has 15 heavy (non-hydrogen) atoms. The summed E-state index contributed by atoms with van der Waals surface area (Å²) in [6.45, 7) is 0.831. The molecular weight excluding hydrogens is 256 g/mol. The van der Waals surface area contributed by atoms with E-state index in [2.05, 4.69) is 15.9 Å². The molecule has 0 aliphatic heterocycles. The van der Waals surface area contributed by atoms with Gasteiger partial charge in [-0.05, 0) is 36.1 Å². The SMILES string of the molecule is OCc1cc(OCCC2CC2)ccc1Br. The highest BCUT2D eigenvalue weighted by Gasteiger charge is 2.20. The quantitative estimate of drug-likeness (QED) is 0.891. The minimum absolute atomic E-state index is 0.0421. The minimum atomic E-state index is 0.0421. The third kappa shape index (κ3) is 3.21. The van der Waals surface area contributed by atoms with Gasteiger partial charge < -0.3 is 9.84 Å². The first-order chi connectivity index (χ1) is 7.29. The van der Waals surface area contributed by atoms with Crippen LogP contribution in [0.25, 0.3) is 0 Å². The van der Waals surface area contributed by atoms with Crippen LogP contribution in [0.1, 0.15) is 24.8 Å².